The maximum absolute atomic E-state index is 11.5. The molecule has 1 heterocycles. The Bertz CT molecular complexity index is 357. The first-order chi connectivity index (χ1) is 6.65. The topological polar surface area (TPSA) is 71.8 Å². The second kappa shape index (κ2) is 4.79. The van der Waals surface area contributed by atoms with Gasteiger partial charge in [-0.1, -0.05) is 19.8 Å². The number of H-pyrrole nitrogens is 1. The summed E-state index contributed by atoms with van der Waals surface area (Å²) in [4.78, 5) is 18.2. The molecule has 1 rings (SSSR count). The largest absolute Gasteiger partial charge is 0.383 e. The summed E-state index contributed by atoms with van der Waals surface area (Å²) in [6, 6.07) is 0. The number of hydrogen-bond acceptors (Lipinski definition) is 3. The van der Waals surface area contributed by atoms with E-state index >= 15 is 0 Å². The molecular formula is C10H17N3O. The van der Waals surface area contributed by atoms with Crippen LogP contribution < -0.4 is 11.3 Å². The number of nitrogens with one attached hydrogen (secondary N) is 1. The Hall–Kier alpha value is -1.32. The van der Waals surface area contributed by atoms with E-state index in [-0.39, 0.29) is 5.56 Å². The smallest absolute Gasteiger partial charge is 0.256 e. The molecule has 1 aromatic heterocycles. The molecular weight excluding hydrogens is 178 g/mol. The standard InChI is InChI=1S/C10H17N3O/c1-3-4-5-6-8-9(11)12-7(2)13-10(8)14/h3-6H2,1-2H3,(H3,11,12,13,14). The molecule has 0 aliphatic heterocycles. The molecule has 0 amide bonds. The average molecular weight is 195 g/mol. The van der Waals surface area contributed by atoms with Crippen molar-refractivity contribution in [2.24, 2.45) is 0 Å². The van der Waals surface area contributed by atoms with Gasteiger partial charge in [0.05, 0.1) is 5.56 Å². The first-order valence-electron chi connectivity index (χ1n) is 5.00. The van der Waals surface area contributed by atoms with Crippen LogP contribution in [0.15, 0.2) is 4.79 Å². The van der Waals surface area contributed by atoms with E-state index < -0.39 is 0 Å². The normalized spacial score (nSPS) is 10.4. The lowest BCUT2D eigenvalue weighted by atomic mass is 10.1. The van der Waals surface area contributed by atoms with E-state index in [0.717, 1.165) is 25.7 Å². The summed E-state index contributed by atoms with van der Waals surface area (Å²) in [5.74, 6) is 0.953. The van der Waals surface area contributed by atoms with Gasteiger partial charge in [0, 0.05) is 0 Å². The Morgan fingerprint density at radius 2 is 2.14 bits per heavy atom. The number of hydrogen-bond donors (Lipinski definition) is 2. The van der Waals surface area contributed by atoms with Crippen LogP contribution in [0.2, 0.25) is 0 Å². The molecule has 78 valence electrons. The Balaban J connectivity index is 2.81. The maximum Gasteiger partial charge on any atom is 0.256 e. The molecule has 3 N–H and O–H groups in total. The van der Waals surface area contributed by atoms with E-state index in [1.54, 1.807) is 6.92 Å². The van der Waals surface area contributed by atoms with Crippen LogP contribution in [0, 0.1) is 6.92 Å². The van der Waals surface area contributed by atoms with Crippen LogP contribution in [0.1, 0.15) is 37.6 Å². The number of aromatic amines is 1. The molecule has 0 aromatic carbocycles. The van der Waals surface area contributed by atoms with Crippen molar-refractivity contribution in [3.63, 3.8) is 0 Å². The third-order valence-corrected chi connectivity index (χ3v) is 2.20. The highest BCUT2D eigenvalue weighted by molar-refractivity contribution is 5.37. The molecule has 0 radical (unpaired) electrons. The van der Waals surface area contributed by atoms with Gasteiger partial charge >= 0.3 is 0 Å². The van der Waals surface area contributed by atoms with Gasteiger partial charge in [0.25, 0.3) is 5.56 Å². The SMILES string of the molecule is CCCCCc1c(N)nc(C)[nH]c1=O. The fourth-order valence-corrected chi connectivity index (χ4v) is 1.43. The number of unbranched alkanes of at least 4 members (excludes halogenated alkanes) is 2. The number of aryl methyl sites for hydroxylation is 1. The lowest BCUT2D eigenvalue weighted by Gasteiger charge is -2.03. The van der Waals surface area contributed by atoms with Crippen LogP contribution in [0.25, 0.3) is 0 Å². The van der Waals surface area contributed by atoms with Gasteiger partial charge in [-0.3, -0.25) is 4.79 Å². The van der Waals surface area contributed by atoms with Crippen molar-refractivity contribution < 1.29 is 0 Å². The van der Waals surface area contributed by atoms with Crippen LogP contribution in [0.4, 0.5) is 5.82 Å². The summed E-state index contributed by atoms with van der Waals surface area (Å²) in [6.45, 7) is 3.86. The van der Waals surface area contributed by atoms with Gasteiger partial charge in [-0.2, -0.15) is 0 Å². The number of anilines is 1. The molecule has 1 aromatic rings. The van der Waals surface area contributed by atoms with E-state index in [2.05, 4.69) is 16.9 Å². The average Bonchev–Trinajstić information content (AvgIpc) is 2.09. The molecule has 0 aliphatic carbocycles. The number of aromatic nitrogens is 2. The summed E-state index contributed by atoms with van der Waals surface area (Å²) in [7, 11) is 0. The van der Waals surface area contributed by atoms with E-state index in [1.165, 1.54) is 0 Å². The predicted octanol–water partition coefficient (Wildman–Crippen LogP) is 1.39. The zero-order valence-electron chi connectivity index (χ0n) is 8.76. The minimum atomic E-state index is -0.0916. The molecule has 0 spiro atoms. The van der Waals surface area contributed by atoms with Crippen molar-refractivity contribution in [1.29, 1.82) is 0 Å². The van der Waals surface area contributed by atoms with E-state index in [0.29, 0.717) is 17.2 Å². The fourth-order valence-electron chi connectivity index (χ4n) is 1.43. The van der Waals surface area contributed by atoms with Crippen molar-refractivity contribution in [2.75, 3.05) is 5.73 Å². The van der Waals surface area contributed by atoms with Crippen LogP contribution in [0.5, 0.6) is 0 Å². The Labute approximate surface area is 83.6 Å². The van der Waals surface area contributed by atoms with Crippen LogP contribution in [0.3, 0.4) is 0 Å². The number of nitrogens with two attached hydrogens (primary N) is 1. The summed E-state index contributed by atoms with van der Waals surface area (Å²) in [6.07, 6.45) is 3.97. The third kappa shape index (κ3) is 2.58. The van der Waals surface area contributed by atoms with Gasteiger partial charge in [-0.15, -0.1) is 0 Å². The predicted molar refractivity (Wildman–Crippen MR) is 57.2 cm³/mol. The fraction of sp³-hybridized carbons (Fsp3) is 0.600. The van der Waals surface area contributed by atoms with E-state index in [9.17, 15) is 4.79 Å². The lowest BCUT2D eigenvalue weighted by Crippen LogP contribution is -2.18. The molecule has 0 saturated carbocycles. The van der Waals surface area contributed by atoms with Gasteiger partial charge < -0.3 is 10.7 Å². The van der Waals surface area contributed by atoms with Gasteiger partial charge in [0.1, 0.15) is 11.6 Å². The summed E-state index contributed by atoms with van der Waals surface area (Å²) in [5, 5.41) is 0. The molecule has 0 aliphatic rings. The molecule has 4 heteroatoms. The highest BCUT2D eigenvalue weighted by Gasteiger charge is 2.06. The first kappa shape index (κ1) is 10.8. The minimum absolute atomic E-state index is 0.0916. The Morgan fingerprint density at radius 1 is 1.43 bits per heavy atom. The number of nitrogen functional groups attached to an aromatic ring is 1. The lowest BCUT2D eigenvalue weighted by molar-refractivity contribution is 0.711. The van der Waals surface area contributed by atoms with Crippen molar-refractivity contribution >= 4 is 5.82 Å². The van der Waals surface area contributed by atoms with E-state index in [4.69, 9.17) is 5.73 Å². The summed E-state index contributed by atoms with van der Waals surface area (Å²) >= 11 is 0. The van der Waals surface area contributed by atoms with Gasteiger partial charge in [0.15, 0.2) is 0 Å². The van der Waals surface area contributed by atoms with Crippen molar-refractivity contribution in [2.45, 2.75) is 39.5 Å². The van der Waals surface area contributed by atoms with Gasteiger partial charge in [-0.25, -0.2) is 4.98 Å². The first-order valence-corrected chi connectivity index (χ1v) is 5.00. The third-order valence-electron chi connectivity index (χ3n) is 2.20. The Morgan fingerprint density at radius 3 is 2.71 bits per heavy atom. The van der Waals surface area contributed by atoms with Crippen LogP contribution >= 0.6 is 0 Å². The molecule has 0 unspecified atom stereocenters. The Kier molecular flexibility index (Phi) is 3.68. The van der Waals surface area contributed by atoms with E-state index in [1.807, 2.05) is 0 Å². The molecule has 0 bridgehead atoms. The monoisotopic (exact) mass is 195 g/mol. The summed E-state index contributed by atoms with van der Waals surface area (Å²) in [5.41, 5.74) is 6.21. The van der Waals surface area contributed by atoms with Crippen molar-refractivity contribution in [3.05, 3.63) is 21.7 Å². The van der Waals surface area contributed by atoms with Crippen LogP contribution in [-0.2, 0) is 6.42 Å². The molecule has 0 atom stereocenters. The van der Waals surface area contributed by atoms with Gasteiger partial charge in [-0.05, 0) is 19.8 Å². The summed E-state index contributed by atoms with van der Waals surface area (Å²) < 4.78 is 0. The molecule has 0 saturated heterocycles. The van der Waals surface area contributed by atoms with Gasteiger partial charge in [0.2, 0.25) is 0 Å². The molecule has 0 fully saturated rings. The number of rotatable bonds is 4. The number of nitrogens with zero attached hydrogens (tertiary/aromatic N) is 1. The molecule has 14 heavy (non-hydrogen) atoms. The molecule has 4 nitrogen and oxygen atoms in total. The van der Waals surface area contributed by atoms with Crippen molar-refractivity contribution in [1.82, 2.24) is 9.97 Å². The minimum Gasteiger partial charge on any atom is -0.383 e. The zero-order valence-corrected chi connectivity index (χ0v) is 8.76. The quantitative estimate of drug-likeness (QED) is 0.713. The van der Waals surface area contributed by atoms with Crippen molar-refractivity contribution in [3.8, 4) is 0 Å². The second-order valence-corrected chi connectivity index (χ2v) is 3.47. The highest BCUT2D eigenvalue weighted by Crippen LogP contribution is 2.07. The maximum atomic E-state index is 11.5. The highest BCUT2D eigenvalue weighted by atomic mass is 16.1. The second-order valence-electron chi connectivity index (χ2n) is 3.47. The zero-order chi connectivity index (χ0) is 10.6. The van der Waals surface area contributed by atoms with Crippen LogP contribution in [-0.4, -0.2) is 9.97 Å².